The molecule has 0 aliphatic heterocycles. The summed E-state index contributed by atoms with van der Waals surface area (Å²) in [7, 11) is 2.30. The fourth-order valence-corrected chi connectivity index (χ4v) is 2.69. The van der Waals surface area contributed by atoms with Crippen LogP contribution in [0.3, 0.4) is 0 Å². The third-order valence-electron chi connectivity index (χ3n) is 3.61. The van der Waals surface area contributed by atoms with Crippen molar-refractivity contribution >= 4 is 9.47 Å². The minimum Gasteiger partial charge on any atom is -0.366 e. The van der Waals surface area contributed by atoms with Crippen molar-refractivity contribution in [2.24, 2.45) is 5.92 Å². The van der Waals surface area contributed by atoms with Crippen LogP contribution >= 0.6 is 9.47 Å². The van der Waals surface area contributed by atoms with E-state index in [1.807, 2.05) is 0 Å². The Bertz CT molecular complexity index is 528. The van der Waals surface area contributed by atoms with E-state index in [1.54, 1.807) is 0 Å². The molecule has 1 nitrogen and oxygen atoms in total. The van der Waals surface area contributed by atoms with Crippen LogP contribution in [-0.4, -0.2) is 6.61 Å². The molecule has 0 aromatic heterocycles. The van der Waals surface area contributed by atoms with Gasteiger partial charge in [0.2, 0.25) is 0 Å². The molecule has 0 saturated heterocycles. The first kappa shape index (κ1) is 16.2. The average Bonchev–Trinajstić information content (AvgIpc) is 2.49. The Morgan fingerprint density at radius 3 is 1.86 bits per heavy atom. The molecule has 0 N–H and O–H groups in total. The van der Waals surface area contributed by atoms with E-state index in [0.29, 0.717) is 5.92 Å². The Balaban J connectivity index is 2.01. The highest BCUT2D eigenvalue weighted by atomic mass is 31.0. The van der Waals surface area contributed by atoms with E-state index in [9.17, 15) is 0 Å². The molecule has 1 unspecified atom stereocenters. The molecule has 21 heavy (non-hydrogen) atoms. The highest BCUT2D eigenvalue weighted by Gasteiger charge is 2.01. The predicted octanol–water partition coefficient (Wildman–Crippen LogP) is 5.29. The topological polar surface area (TPSA) is 9.23 Å². The molecule has 2 heteroatoms. The van der Waals surface area contributed by atoms with Gasteiger partial charge in [-0.1, -0.05) is 62.4 Å². The minimum atomic E-state index is 0.709. The monoisotopic (exact) mass is 300 g/mol. The van der Waals surface area contributed by atoms with Crippen molar-refractivity contribution in [2.75, 3.05) is 6.61 Å². The van der Waals surface area contributed by atoms with E-state index >= 15 is 0 Å². The van der Waals surface area contributed by atoms with Gasteiger partial charge in [-0.3, -0.25) is 0 Å². The summed E-state index contributed by atoms with van der Waals surface area (Å²) >= 11 is 0. The van der Waals surface area contributed by atoms with Crippen LogP contribution < -0.4 is 0 Å². The largest absolute Gasteiger partial charge is 0.366 e. The first-order valence-corrected chi connectivity index (χ1v) is 8.16. The summed E-state index contributed by atoms with van der Waals surface area (Å²) in [5.74, 6) is 0.709. The minimum absolute atomic E-state index is 0.709. The third-order valence-corrected chi connectivity index (χ3v) is 3.85. The second-order valence-corrected chi connectivity index (χ2v) is 6.30. The maximum atomic E-state index is 5.01. The lowest BCUT2D eigenvalue weighted by molar-refractivity contribution is 0.363. The Hall–Kier alpha value is -1.17. The molecule has 0 amide bonds. The second-order valence-electron chi connectivity index (χ2n) is 5.97. The van der Waals surface area contributed by atoms with Gasteiger partial charge < -0.3 is 4.52 Å². The first-order chi connectivity index (χ1) is 10.2. The van der Waals surface area contributed by atoms with Gasteiger partial charge in [-0.05, 0) is 47.4 Å². The van der Waals surface area contributed by atoms with Crippen molar-refractivity contribution in [3.05, 3.63) is 59.7 Å². The first-order valence-electron chi connectivity index (χ1n) is 7.69. The van der Waals surface area contributed by atoms with Crippen molar-refractivity contribution in [2.45, 2.75) is 33.1 Å². The molecule has 0 saturated carbocycles. The van der Waals surface area contributed by atoms with Gasteiger partial charge in [-0.15, -0.1) is 0 Å². The molecule has 0 radical (unpaired) electrons. The highest BCUT2D eigenvalue weighted by Crippen LogP contribution is 2.21. The summed E-state index contributed by atoms with van der Waals surface area (Å²) in [6.45, 7) is 5.31. The Kier molecular flexibility index (Phi) is 6.42. The fraction of sp³-hybridized carbons (Fsp3) is 0.368. The zero-order valence-electron chi connectivity index (χ0n) is 13.0. The van der Waals surface area contributed by atoms with E-state index < -0.39 is 0 Å². The van der Waals surface area contributed by atoms with Gasteiger partial charge >= 0.3 is 0 Å². The van der Waals surface area contributed by atoms with Gasteiger partial charge in [0.05, 0.1) is 6.61 Å². The predicted molar refractivity (Wildman–Crippen MR) is 94.4 cm³/mol. The molecule has 0 heterocycles. The van der Waals surface area contributed by atoms with Crippen LogP contribution in [0.1, 0.15) is 31.4 Å². The van der Waals surface area contributed by atoms with Crippen molar-refractivity contribution in [3.63, 3.8) is 0 Å². The molecule has 0 aliphatic carbocycles. The fourth-order valence-electron chi connectivity index (χ4n) is 2.53. The van der Waals surface area contributed by atoms with Crippen LogP contribution in [0.5, 0.6) is 0 Å². The molecule has 2 aromatic rings. The van der Waals surface area contributed by atoms with E-state index in [0.717, 1.165) is 25.9 Å². The van der Waals surface area contributed by atoms with Crippen LogP contribution in [0.4, 0.5) is 0 Å². The standard InChI is InChI=1S/C19H25OP/c1-15(2)14-17-7-11-19(12-8-17)18-9-5-16(6-10-18)4-3-13-20-21/h5-12,15H,3-4,13-14,21H2,1-2H3. The SMILES string of the molecule is CC(C)Cc1ccc(-c2ccc(CCCOP)cc2)cc1. The third kappa shape index (κ3) is 5.26. The molecule has 0 aliphatic rings. The van der Waals surface area contributed by atoms with E-state index in [4.69, 9.17) is 4.52 Å². The van der Waals surface area contributed by atoms with Crippen molar-refractivity contribution in [1.82, 2.24) is 0 Å². The van der Waals surface area contributed by atoms with Crippen LogP contribution in [0.25, 0.3) is 11.1 Å². The zero-order valence-corrected chi connectivity index (χ0v) is 14.2. The van der Waals surface area contributed by atoms with Crippen LogP contribution in [-0.2, 0) is 17.4 Å². The Morgan fingerprint density at radius 2 is 1.38 bits per heavy atom. The van der Waals surface area contributed by atoms with Gasteiger partial charge in [-0.2, -0.15) is 0 Å². The zero-order chi connectivity index (χ0) is 15.1. The smallest absolute Gasteiger partial charge is 0.0505 e. The maximum absolute atomic E-state index is 5.01. The second kappa shape index (κ2) is 8.32. The number of hydrogen-bond donors (Lipinski definition) is 0. The summed E-state index contributed by atoms with van der Waals surface area (Å²) in [6, 6.07) is 17.8. The summed E-state index contributed by atoms with van der Waals surface area (Å²) in [5.41, 5.74) is 5.37. The summed E-state index contributed by atoms with van der Waals surface area (Å²) < 4.78 is 5.01. The Labute approximate surface area is 131 Å². The average molecular weight is 300 g/mol. The van der Waals surface area contributed by atoms with Gasteiger partial charge in [0.15, 0.2) is 0 Å². The van der Waals surface area contributed by atoms with Crippen molar-refractivity contribution in [1.29, 1.82) is 0 Å². The highest BCUT2D eigenvalue weighted by molar-refractivity contribution is 7.09. The van der Waals surface area contributed by atoms with E-state index in [2.05, 4.69) is 71.8 Å². The molecule has 2 aromatic carbocycles. The van der Waals surface area contributed by atoms with Crippen LogP contribution in [0.15, 0.2) is 48.5 Å². The lowest BCUT2D eigenvalue weighted by Crippen LogP contribution is -1.93. The molecule has 1 atom stereocenters. The summed E-state index contributed by atoms with van der Waals surface area (Å²) in [5, 5.41) is 0. The molecule has 112 valence electrons. The number of rotatable bonds is 7. The Morgan fingerprint density at radius 1 is 0.857 bits per heavy atom. The molecule has 0 fully saturated rings. The lowest BCUT2D eigenvalue weighted by atomic mass is 9.98. The van der Waals surface area contributed by atoms with Gasteiger partial charge in [0.25, 0.3) is 0 Å². The number of benzene rings is 2. The molecule has 0 spiro atoms. The molecule has 2 rings (SSSR count). The van der Waals surface area contributed by atoms with Crippen molar-refractivity contribution in [3.8, 4) is 11.1 Å². The summed E-state index contributed by atoms with van der Waals surface area (Å²) in [4.78, 5) is 0. The number of aryl methyl sites for hydroxylation is 1. The quantitative estimate of drug-likeness (QED) is 0.498. The van der Waals surface area contributed by atoms with Crippen LogP contribution in [0, 0.1) is 5.92 Å². The normalized spacial score (nSPS) is 11.0. The lowest BCUT2D eigenvalue weighted by Gasteiger charge is -2.08. The van der Waals surface area contributed by atoms with Gasteiger partial charge in [-0.25, -0.2) is 0 Å². The van der Waals surface area contributed by atoms with Gasteiger partial charge in [0, 0.05) is 9.47 Å². The van der Waals surface area contributed by atoms with E-state index in [-0.39, 0.29) is 0 Å². The van der Waals surface area contributed by atoms with Gasteiger partial charge in [0.1, 0.15) is 0 Å². The number of hydrogen-bond acceptors (Lipinski definition) is 1. The van der Waals surface area contributed by atoms with Crippen LogP contribution in [0.2, 0.25) is 0 Å². The molecular formula is C19H25OP. The maximum Gasteiger partial charge on any atom is 0.0505 e. The van der Waals surface area contributed by atoms with Crippen molar-refractivity contribution < 1.29 is 4.52 Å². The molecule has 0 bridgehead atoms. The summed E-state index contributed by atoms with van der Waals surface area (Å²) in [6.07, 6.45) is 3.28. The molecular weight excluding hydrogens is 275 g/mol. The van der Waals surface area contributed by atoms with E-state index in [1.165, 1.54) is 22.3 Å².